The molecule has 1 amide bonds. The van der Waals surface area contributed by atoms with Crippen LogP contribution in [0.15, 0.2) is 34.3 Å². The Morgan fingerprint density at radius 1 is 1.19 bits per heavy atom. The molecular formula is C17H23N5O3S2. The molecular weight excluding hydrogens is 386 g/mol. The second kappa shape index (κ2) is 8.85. The number of carbonyl (C=O) groups excluding carboxylic acids is 1. The minimum atomic E-state index is -3.68. The Morgan fingerprint density at radius 3 is 2.70 bits per heavy atom. The molecule has 0 atom stereocenters. The molecule has 1 aliphatic rings. The quantitative estimate of drug-likeness (QED) is 0.661. The van der Waals surface area contributed by atoms with Crippen LogP contribution in [-0.4, -0.2) is 41.4 Å². The molecule has 1 aromatic carbocycles. The third kappa shape index (κ3) is 5.53. The van der Waals surface area contributed by atoms with Gasteiger partial charge in [-0.2, -0.15) is 0 Å². The lowest BCUT2D eigenvalue weighted by Gasteiger charge is -2.07. The van der Waals surface area contributed by atoms with Crippen molar-refractivity contribution < 1.29 is 13.2 Å². The molecule has 0 spiro atoms. The number of aromatic nitrogens is 3. The van der Waals surface area contributed by atoms with Crippen molar-refractivity contribution in [1.82, 2.24) is 20.1 Å². The second-order valence-electron chi connectivity index (χ2n) is 6.44. The summed E-state index contributed by atoms with van der Waals surface area (Å²) in [5, 5.41) is 17.2. The van der Waals surface area contributed by atoms with Crippen LogP contribution in [0.2, 0.25) is 0 Å². The maximum Gasteiger partial charge on any atom is 0.238 e. The number of fused-ring (bicyclic) bond motifs is 1. The molecule has 1 aliphatic heterocycles. The van der Waals surface area contributed by atoms with Gasteiger partial charge in [0.25, 0.3) is 0 Å². The maximum atomic E-state index is 12.1. The van der Waals surface area contributed by atoms with E-state index in [4.69, 9.17) is 5.14 Å². The highest BCUT2D eigenvalue weighted by Gasteiger charge is 2.16. The summed E-state index contributed by atoms with van der Waals surface area (Å²) in [5.41, 5.74) is 0.929. The summed E-state index contributed by atoms with van der Waals surface area (Å²) in [4.78, 5) is 12.1. The number of sulfonamides is 1. The van der Waals surface area contributed by atoms with Crippen molar-refractivity contribution in [2.45, 2.75) is 48.7 Å². The van der Waals surface area contributed by atoms with Crippen LogP contribution in [0.3, 0.4) is 0 Å². The fourth-order valence-corrected chi connectivity index (χ4v) is 4.27. The van der Waals surface area contributed by atoms with Gasteiger partial charge in [-0.1, -0.05) is 30.3 Å². The van der Waals surface area contributed by atoms with E-state index in [0.717, 1.165) is 42.4 Å². The van der Waals surface area contributed by atoms with Gasteiger partial charge in [-0.15, -0.1) is 10.2 Å². The molecule has 2 heterocycles. The van der Waals surface area contributed by atoms with E-state index in [2.05, 4.69) is 20.1 Å². The van der Waals surface area contributed by atoms with E-state index in [1.165, 1.54) is 30.3 Å². The highest BCUT2D eigenvalue weighted by molar-refractivity contribution is 7.99. The van der Waals surface area contributed by atoms with E-state index in [9.17, 15) is 13.2 Å². The predicted octanol–water partition coefficient (Wildman–Crippen LogP) is 1.10. The van der Waals surface area contributed by atoms with Crippen LogP contribution < -0.4 is 10.5 Å². The number of amides is 1. The van der Waals surface area contributed by atoms with Gasteiger partial charge in [0.05, 0.1) is 10.6 Å². The van der Waals surface area contributed by atoms with Gasteiger partial charge in [0.15, 0.2) is 5.16 Å². The molecule has 27 heavy (non-hydrogen) atoms. The highest BCUT2D eigenvalue weighted by Crippen LogP contribution is 2.21. The molecule has 3 N–H and O–H groups in total. The first kappa shape index (κ1) is 19.8. The number of primary sulfonamides is 1. The zero-order chi connectivity index (χ0) is 19.3. The fraction of sp³-hybridized carbons (Fsp3) is 0.471. The Balaban J connectivity index is 1.43. The molecule has 0 saturated carbocycles. The van der Waals surface area contributed by atoms with E-state index < -0.39 is 10.0 Å². The van der Waals surface area contributed by atoms with Gasteiger partial charge < -0.3 is 9.88 Å². The number of carbonyl (C=O) groups is 1. The molecule has 3 rings (SSSR count). The molecule has 0 aliphatic carbocycles. The molecule has 10 heteroatoms. The monoisotopic (exact) mass is 409 g/mol. The van der Waals surface area contributed by atoms with Gasteiger partial charge in [-0.05, 0) is 37.0 Å². The third-order valence-corrected chi connectivity index (χ3v) is 6.29. The van der Waals surface area contributed by atoms with Crippen molar-refractivity contribution in [3.8, 4) is 0 Å². The van der Waals surface area contributed by atoms with E-state index in [1.54, 1.807) is 12.1 Å². The standard InChI is InChI=1S/C17H23N5O3S2/c18-27(24,25)14-7-5-13(6-8-14)9-10-19-16(23)12-26-17-21-20-15-4-2-1-3-11-22(15)17/h5-8H,1-4,9-12H2,(H,19,23)(H2,18,24,25). The number of hydrogen-bond acceptors (Lipinski definition) is 6. The largest absolute Gasteiger partial charge is 0.355 e. The van der Waals surface area contributed by atoms with E-state index >= 15 is 0 Å². The summed E-state index contributed by atoms with van der Waals surface area (Å²) < 4.78 is 24.6. The number of nitrogens with zero attached hydrogens (tertiary/aromatic N) is 3. The number of nitrogens with two attached hydrogens (primary N) is 1. The summed E-state index contributed by atoms with van der Waals surface area (Å²) in [6.45, 7) is 1.40. The predicted molar refractivity (Wildman–Crippen MR) is 103 cm³/mol. The number of hydrogen-bond donors (Lipinski definition) is 2. The Labute approximate surface area is 163 Å². The van der Waals surface area contributed by atoms with Crippen molar-refractivity contribution in [2.24, 2.45) is 5.14 Å². The maximum absolute atomic E-state index is 12.1. The minimum absolute atomic E-state index is 0.0628. The van der Waals surface area contributed by atoms with Gasteiger partial charge in [0.1, 0.15) is 5.82 Å². The van der Waals surface area contributed by atoms with Crippen LogP contribution in [0.25, 0.3) is 0 Å². The smallest absolute Gasteiger partial charge is 0.238 e. The fourth-order valence-electron chi connectivity index (χ4n) is 2.94. The van der Waals surface area contributed by atoms with Gasteiger partial charge in [0.2, 0.25) is 15.9 Å². The highest BCUT2D eigenvalue weighted by atomic mass is 32.2. The molecule has 8 nitrogen and oxygen atoms in total. The molecule has 0 fully saturated rings. The summed E-state index contributed by atoms with van der Waals surface area (Å²) >= 11 is 1.41. The molecule has 0 bridgehead atoms. The molecule has 0 saturated heterocycles. The average Bonchev–Trinajstić information content (AvgIpc) is 2.86. The van der Waals surface area contributed by atoms with Gasteiger partial charge >= 0.3 is 0 Å². The number of benzene rings is 1. The molecule has 2 aromatic rings. The van der Waals surface area contributed by atoms with Gasteiger partial charge in [-0.25, -0.2) is 13.6 Å². The molecule has 0 unspecified atom stereocenters. The third-order valence-electron chi connectivity index (χ3n) is 4.40. The zero-order valence-electron chi connectivity index (χ0n) is 14.9. The lowest BCUT2D eigenvalue weighted by molar-refractivity contribution is -0.118. The number of nitrogens with one attached hydrogen (secondary N) is 1. The Kier molecular flexibility index (Phi) is 6.51. The first-order valence-electron chi connectivity index (χ1n) is 8.87. The molecule has 0 radical (unpaired) electrons. The zero-order valence-corrected chi connectivity index (χ0v) is 16.6. The Morgan fingerprint density at radius 2 is 1.96 bits per heavy atom. The van der Waals surface area contributed by atoms with Crippen LogP contribution >= 0.6 is 11.8 Å². The van der Waals surface area contributed by atoms with Crippen LogP contribution in [0, 0.1) is 0 Å². The number of thioether (sulfide) groups is 1. The Hall–Kier alpha value is -1.91. The number of rotatable bonds is 7. The van der Waals surface area contributed by atoms with Crippen molar-refractivity contribution in [1.29, 1.82) is 0 Å². The van der Waals surface area contributed by atoms with Gasteiger partial charge in [0, 0.05) is 19.5 Å². The van der Waals surface area contributed by atoms with Crippen molar-refractivity contribution in [3.63, 3.8) is 0 Å². The van der Waals surface area contributed by atoms with Crippen molar-refractivity contribution >= 4 is 27.7 Å². The molecule has 1 aromatic heterocycles. The SMILES string of the molecule is NS(=O)(=O)c1ccc(CCNC(=O)CSc2nnc3n2CCCCC3)cc1. The number of aryl methyl sites for hydroxylation is 1. The van der Waals surface area contributed by atoms with Crippen LogP contribution in [0.5, 0.6) is 0 Å². The first-order chi connectivity index (χ1) is 12.9. The summed E-state index contributed by atoms with van der Waals surface area (Å²) in [7, 11) is -3.68. The van der Waals surface area contributed by atoms with Crippen LogP contribution in [0.1, 0.15) is 30.7 Å². The summed E-state index contributed by atoms with van der Waals surface area (Å²) in [6.07, 6.45) is 5.02. The minimum Gasteiger partial charge on any atom is -0.355 e. The normalized spacial score (nSPS) is 14.4. The molecule has 146 valence electrons. The first-order valence-corrected chi connectivity index (χ1v) is 11.4. The second-order valence-corrected chi connectivity index (χ2v) is 8.94. The Bertz CT molecular complexity index is 894. The van der Waals surface area contributed by atoms with Crippen LogP contribution in [0.4, 0.5) is 0 Å². The summed E-state index contributed by atoms with van der Waals surface area (Å²) in [5.74, 6) is 1.24. The van der Waals surface area contributed by atoms with E-state index in [-0.39, 0.29) is 10.8 Å². The lowest BCUT2D eigenvalue weighted by Crippen LogP contribution is -2.27. The lowest BCUT2D eigenvalue weighted by atomic mass is 10.1. The van der Waals surface area contributed by atoms with Crippen LogP contribution in [-0.2, 0) is 34.2 Å². The van der Waals surface area contributed by atoms with E-state index in [1.807, 2.05) is 0 Å². The average molecular weight is 410 g/mol. The van der Waals surface area contributed by atoms with E-state index in [0.29, 0.717) is 18.7 Å². The topological polar surface area (TPSA) is 120 Å². The summed E-state index contributed by atoms with van der Waals surface area (Å²) in [6, 6.07) is 6.34. The van der Waals surface area contributed by atoms with Crippen molar-refractivity contribution in [2.75, 3.05) is 12.3 Å². The van der Waals surface area contributed by atoms with Crippen molar-refractivity contribution in [3.05, 3.63) is 35.7 Å². The van der Waals surface area contributed by atoms with Gasteiger partial charge in [-0.3, -0.25) is 4.79 Å².